The SMILES string of the molecule is C=C(/C=C(/F)C(=C)OCC)COC1CCC(c2ccc(C3CCC(O)CC3)c(F)c2F)CC1. The van der Waals surface area contributed by atoms with Crippen molar-refractivity contribution in [3.05, 3.63) is 71.3 Å². The highest BCUT2D eigenvalue weighted by Crippen LogP contribution is 2.39. The van der Waals surface area contributed by atoms with Gasteiger partial charge in [0.15, 0.2) is 17.5 Å². The van der Waals surface area contributed by atoms with Gasteiger partial charge in [0.05, 0.1) is 25.4 Å². The second kappa shape index (κ2) is 11.9. The largest absolute Gasteiger partial charge is 0.491 e. The fourth-order valence-electron chi connectivity index (χ4n) is 4.91. The summed E-state index contributed by atoms with van der Waals surface area (Å²) in [5.74, 6) is -2.13. The van der Waals surface area contributed by atoms with E-state index in [0.717, 1.165) is 12.8 Å². The highest BCUT2D eigenvalue weighted by atomic mass is 19.2. The van der Waals surface area contributed by atoms with Crippen molar-refractivity contribution in [2.24, 2.45) is 0 Å². The molecule has 0 aromatic heterocycles. The Bertz CT molecular complexity index is 864. The Morgan fingerprint density at radius 1 is 0.970 bits per heavy atom. The molecule has 1 aromatic carbocycles. The van der Waals surface area contributed by atoms with Crippen LogP contribution in [0.2, 0.25) is 0 Å². The summed E-state index contributed by atoms with van der Waals surface area (Å²) in [7, 11) is 0. The average molecular weight is 465 g/mol. The Labute approximate surface area is 195 Å². The number of hydrogen-bond donors (Lipinski definition) is 1. The van der Waals surface area contributed by atoms with Crippen molar-refractivity contribution in [2.45, 2.75) is 82.3 Å². The molecule has 0 saturated heterocycles. The molecule has 0 aliphatic heterocycles. The minimum atomic E-state index is -0.731. The summed E-state index contributed by atoms with van der Waals surface area (Å²) in [6.07, 6.45) is 6.39. The Kier molecular flexibility index (Phi) is 9.21. The monoisotopic (exact) mass is 464 g/mol. The van der Waals surface area contributed by atoms with Gasteiger partial charge in [0.1, 0.15) is 5.76 Å². The van der Waals surface area contributed by atoms with Gasteiger partial charge in [0, 0.05) is 0 Å². The number of ether oxygens (including phenoxy) is 2. The summed E-state index contributed by atoms with van der Waals surface area (Å²) in [6.45, 7) is 9.61. The molecule has 3 rings (SSSR count). The van der Waals surface area contributed by atoms with Gasteiger partial charge >= 0.3 is 0 Å². The molecule has 6 heteroatoms. The molecule has 1 N–H and O–H groups in total. The van der Waals surface area contributed by atoms with Crippen LogP contribution in [0.15, 0.2) is 48.5 Å². The molecule has 0 amide bonds. The van der Waals surface area contributed by atoms with Crippen LogP contribution in [0.1, 0.15) is 81.3 Å². The van der Waals surface area contributed by atoms with Gasteiger partial charge in [-0.2, -0.15) is 0 Å². The first-order valence-electron chi connectivity index (χ1n) is 11.9. The lowest BCUT2D eigenvalue weighted by molar-refractivity contribution is 0.0393. The molecule has 2 saturated carbocycles. The predicted octanol–water partition coefficient (Wildman–Crippen LogP) is 6.99. The van der Waals surface area contributed by atoms with Crippen LogP contribution in [0.3, 0.4) is 0 Å². The van der Waals surface area contributed by atoms with Crippen molar-refractivity contribution in [1.29, 1.82) is 0 Å². The standard InChI is InChI=1S/C27H35F3O3/c1-4-32-18(3)25(28)15-17(2)16-33-22-11-7-20(8-12-22)24-14-13-23(26(29)27(24)30)19-5-9-21(31)10-6-19/h13-15,19-22,31H,2-12,16H2,1H3/b25-15+. The fraction of sp³-hybridized carbons (Fsp3) is 0.556. The highest BCUT2D eigenvalue weighted by molar-refractivity contribution is 5.32. The Morgan fingerprint density at radius 2 is 1.48 bits per heavy atom. The lowest BCUT2D eigenvalue weighted by Gasteiger charge is -2.30. The topological polar surface area (TPSA) is 38.7 Å². The van der Waals surface area contributed by atoms with Crippen molar-refractivity contribution < 1.29 is 27.8 Å². The lowest BCUT2D eigenvalue weighted by atomic mass is 9.79. The van der Waals surface area contributed by atoms with Gasteiger partial charge < -0.3 is 14.6 Å². The number of aliphatic hydroxyl groups excluding tert-OH is 1. The number of halogens is 3. The first-order chi connectivity index (χ1) is 15.8. The molecular formula is C27H35F3O3. The smallest absolute Gasteiger partial charge is 0.164 e. The van der Waals surface area contributed by atoms with E-state index in [9.17, 15) is 18.3 Å². The molecule has 2 aliphatic carbocycles. The van der Waals surface area contributed by atoms with Crippen molar-refractivity contribution in [3.63, 3.8) is 0 Å². The van der Waals surface area contributed by atoms with E-state index in [4.69, 9.17) is 9.47 Å². The Morgan fingerprint density at radius 3 is 2.00 bits per heavy atom. The van der Waals surface area contributed by atoms with Crippen LogP contribution in [0, 0.1) is 11.6 Å². The third kappa shape index (κ3) is 6.73. The molecule has 1 aromatic rings. The number of aliphatic hydroxyl groups is 1. The molecule has 0 radical (unpaired) electrons. The molecule has 2 fully saturated rings. The van der Waals surface area contributed by atoms with Crippen LogP contribution in [0.4, 0.5) is 13.2 Å². The number of rotatable bonds is 9. The van der Waals surface area contributed by atoms with Gasteiger partial charge in [-0.1, -0.05) is 25.3 Å². The van der Waals surface area contributed by atoms with E-state index in [1.165, 1.54) is 6.08 Å². The molecule has 182 valence electrons. The molecule has 2 aliphatic rings. The maximum absolute atomic E-state index is 14.9. The van der Waals surface area contributed by atoms with E-state index in [1.54, 1.807) is 19.1 Å². The molecule has 0 spiro atoms. The summed E-state index contributed by atoms with van der Waals surface area (Å²) >= 11 is 0. The van der Waals surface area contributed by atoms with E-state index >= 15 is 0 Å². The molecule has 0 unspecified atom stereocenters. The van der Waals surface area contributed by atoms with Crippen LogP contribution in [-0.2, 0) is 9.47 Å². The molecule has 33 heavy (non-hydrogen) atoms. The summed E-state index contributed by atoms with van der Waals surface area (Å²) in [5.41, 5.74) is 1.36. The van der Waals surface area contributed by atoms with Gasteiger partial charge in [-0.3, -0.25) is 0 Å². The Hall–Kier alpha value is -2.05. The predicted molar refractivity (Wildman–Crippen MR) is 124 cm³/mol. The molecule has 0 bridgehead atoms. The van der Waals surface area contributed by atoms with Crippen LogP contribution < -0.4 is 0 Å². The van der Waals surface area contributed by atoms with Crippen molar-refractivity contribution in [2.75, 3.05) is 13.2 Å². The van der Waals surface area contributed by atoms with Crippen LogP contribution in [-0.4, -0.2) is 30.5 Å². The minimum absolute atomic E-state index is 0.0228. The molecular weight excluding hydrogens is 429 g/mol. The quantitative estimate of drug-likeness (QED) is 0.316. The second-order valence-corrected chi connectivity index (χ2v) is 9.17. The number of benzene rings is 1. The summed E-state index contributed by atoms with van der Waals surface area (Å²) in [5, 5.41) is 9.67. The zero-order valence-corrected chi connectivity index (χ0v) is 19.4. The van der Waals surface area contributed by atoms with E-state index in [0.29, 0.717) is 61.8 Å². The van der Waals surface area contributed by atoms with E-state index < -0.39 is 17.5 Å². The third-order valence-electron chi connectivity index (χ3n) is 6.81. The summed E-state index contributed by atoms with van der Waals surface area (Å²) in [6, 6.07) is 3.48. The first kappa shape index (κ1) is 25.6. The van der Waals surface area contributed by atoms with Crippen LogP contribution >= 0.6 is 0 Å². The van der Waals surface area contributed by atoms with Crippen LogP contribution in [0.25, 0.3) is 0 Å². The van der Waals surface area contributed by atoms with Gasteiger partial charge in [-0.05, 0) is 92.9 Å². The van der Waals surface area contributed by atoms with Crippen molar-refractivity contribution in [1.82, 2.24) is 0 Å². The number of allylic oxidation sites excluding steroid dienone is 1. The van der Waals surface area contributed by atoms with Crippen molar-refractivity contribution >= 4 is 0 Å². The van der Waals surface area contributed by atoms with E-state index in [1.807, 2.05) is 0 Å². The maximum atomic E-state index is 14.9. The highest BCUT2D eigenvalue weighted by Gasteiger charge is 2.29. The molecule has 0 heterocycles. The van der Waals surface area contributed by atoms with Gasteiger partial charge in [0.2, 0.25) is 0 Å². The van der Waals surface area contributed by atoms with Crippen molar-refractivity contribution in [3.8, 4) is 0 Å². The average Bonchev–Trinajstić information content (AvgIpc) is 2.81. The Balaban J connectivity index is 1.51. The van der Waals surface area contributed by atoms with E-state index in [2.05, 4.69) is 13.2 Å². The zero-order valence-electron chi connectivity index (χ0n) is 19.4. The lowest BCUT2D eigenvalue weighted by Crippen LogP contribution is -2.22. The maximum Gasteiger partial charge on any atom is 0.164 e. The normalized spacial score (nSPS) is 26.2. The zero-order chi connectivity index (χ0) is 24.0. The fourth-order valence-corrected chi connectivity index (χ4v) is 4.91. The minimum Gasteiger partial charge on any atom is -0.491 e. The number of hydrogen-bond acceptors (Lipinski definition) is 3. The van der Waals surface area contributed by atoms with E-state index in [-0.39, 0.29) is 36.4 Å². The molecule has 3 nitrogen and oxygen atoms in total. The van der Waals surface area contributed by atoms with Gasteiger partial charge in [-0.25, -0.2) is 13.2 Å². The van der Waals surface area contributed by atoms with Gasteiger partial charge in [-0.15, -0.1) is 0 Å². The summed E-state index contributed by atoms with van der Waals surface area (Å²) < 4.78 is 54.6. The summed E-state index contributed by atoms with van der Waals surface area (Å²) in [4.78, 5) is 0. The third-order valence-corrected chi connectivity index (χ3v) is 6.81. The second-order valence-electron chi connectivity index (χ2n) is 9.17. The van der Waals surface area contributed by atoms with Gasteiger partial charge in [0.25, 0.3) is 0 Å². The molecule has 0 atom stereocenters. The van der Waals surface area contributed by atoms with Crippen LogP contribution in [0.5, 0.6) is 0 Å². The first-order valence-corrected chi connectivity index (χ1v) is 11.9.